The lowest BCUT2D eigenvalue weighted by Crippen LogP contribution is -1.96. The summed E-state index contributed by atoms with van der Waals surface area (Å²) in [5.74, 6) is 0. The number of hydrogen-bond donors (Lipinski definition) is 0. The van der Waals surface area contributed by atoms with Crippen LogP contribution in [0.2, 0.25) is 0 Å². The topological polar surface area (TPSA) is 0 Å². The lowest BCUT2D eigenvalue weighted by molar-refractivity contribution is 0.902. The Kier molecular flexibility index (Phi) is 2.39. The van der Waals surface area contributed by atoms with Gasteiger partial charge in [-0.05, 0) is 61.3 Å². The summed E-state index contributed by atoms with van der Waals surface area (Å²) in [6, 6.07) is 4.57. The smallest absolute Gasteiger partial charge is 0.0270 e. The monoisotopic (exact) mass is 173 g/mol. The molecule has 0 saturated heterocycles. The van der Waals surface area contributed by atoms with E-state index in [1.54, 1.807) is 16.7 Å². The molecule has 0 bridgehead atoms. The normalized spacial score (nSPS) is 14.6. The summed E-state index contributed by atoms with van der Waals surface area (Å²) in [5, 5.41) is 0. The van der Waals surface area contributed by atoms with Crippen molar-refractivity contribution in [1.29, 1.82) is 0 Å². The van der Waals surface area contributed by atoms with E-state index >= 15 is 0 Å². The summed E-state index contributed by atoms with van der Waals surface area (Å²) >= 11 is 0. The highest BCUT2D eigenvalue weighted by atomic mass is 14.2. The molecule has 0 aliphatic heterocycles. The maximum absolute atomic E-state index is 3.99. The summed E-state index contributed by atoms with van der Waals surface area (Å²) in [7, 11) is 0. The third-order valence-electron chi connectivity index (χ3n) is 3.13. The molecule has 0 unspecified atom stereocenters. The second kappa shape index (κ2) is 3.53. The highest BCUT2D eigenvalue weighted by Gasteiger charge is 2.16. The number of benzene rings is 1. The molecule has 1 aromatic rings. The van der Waals surface area contributed by atoms with Crippen molar-refractivity contribution in [2.45, 2.75) is 39.0 Å². The fourth-order valence-corrected chi connectivity index (χ4v) is 2.42. The van der Waals surface area contributed by atoms with E-state index < -0.39 is 0 Å². The van der Waals surface area contributed by atoms with Gasteiger partial charge in [0.2, 0.25) is 0 Å². The fourth-order valence-electron chi connectivity index (χ4n) is 2.42. The number of fused-ring (bicyclic) bond motifs is 1. The Morgan fingerprint density at radius 3 is 2.38 bits per heavy atom. The average Bonchev–Trinajstić information content (AvgIpc) is 2.64. The molecule has 13 heavy (non-hydrogen) atoms. The second-order valence-corrected chi connectivity index (χ2v) is 3.80. The van der Waals surface area contributed by atoms with Crippen molar-refractivity contribution in [1.82, 2.24) is 0 Å². The standard InChI is InChI=1S/C13H17/c1-3-10-8-9-11(4-2)13-7-5-6-12(10)13/h8-9H,1,3-7H2,2H3. The van der Waals surface area contributed by atoms with Crippen molar-refractivity contribution in [2.24, 2.45) is 0 Å². The third-order valence-corrected chi connectivity index (χ3v) is 3.13. The maximum Gasteiger partial charge on any atom is -0.0270 e. The molecule has 1 aliphatic rings. The molecule has 69 valence electrons. The molecule has 0 saturated carbocycles. The first-order valence-corrected chi connectivity index (χ1v) is 5.28. The first-order chi connectivity index (χ1) is 6.36. The minimum atomic E-state index is 0.951. The van der Waals surface area contributed by atoms with Gasteiger partial charge in [0.25, 0.3) is 0 Å². The Morgan fingerprint density at radius 2 is 1.77 bits per heavy atom. The highest BCUT2D eigenvalue weighted by Crippen LogP contribution is 2.29. The number of aryl methyl sites for hydroxylation is 1. The molecule has 1 radical (unpaired) electrons. The average molecular weight is 173 g/mol. The van der Waals surface area contributed by atoms with Crippen LogP contribution in [0.4, 0.5) is 0 Å². The Balaban J connectivity index is 2.52. The van der Waals surface area contributed by atoms with Crippen molar-refractivity contribution < 1.29 is 0 Å². The van der Waals surface area contributed by atoms with Crippen LogP contribution in [0.3, 0.4) is 0 Å². The van der Waals surface area contributed by atoms with Crippen LogP contribution in [-0.4, -0.2) is 0 Å². The molecule has 0 N–H and O–H groups in total. The molecular weight excluding hydrogens is 156 g/mol. The van der Waals surface area contributed by atoms with Gasteiger partial charge in [0.1, 0.15) is 0 Å². The SMILES string of the molecule is [CH2]Cc1ccc(CC)c2c1CCC2. The van der Waals surface area contributed by atoms with Gasteiger partial charge in [-0.2, -0.15) is 0 Å². The molecule has 0 atom stereocenters. The van der Waals surface area contributed by atoms with Crippen molar-refractivity contribution >= 4 is 0 Å². The zero-order valence-corrected chi connectivity index (χ0v) is 8.40. The van der Waals surface area contributed by atoms with Crippen LogP contribution in [0.1, 0.15) is 35.6 Å². The Labute approximate surface area is 81.0 Å². The van der Waals surface area contributed by atoms with Crippen LogP contribution in [0.25, 0.3) is 0 Å². The van der Waals surface area contributed by atoms with Crippen LogP contribution in [0.15, 0.2) is 12.1 Å². The van der Waals surface area contributed by atoms with E-state index in [1.165, 1.54) is 31.2 Å². The lowest BCUT2D eigenvalue weighted by Gasteiger charge is -2.10. The minimum absolute atomic E-state index is 0.951. The molecule has 0 heterocycles. The fraction of sp³-hybridized carbons (Fsp3) is 0.462. The predicted octanol–water partition coefficient (Wildman–Crippen LogP) is 3.11. The zero-order valence-electron chi connectivity index (χ0n) is 8.40. The Hall–Kier alpha value is -0.780. The maximum atomic E-state index is 3.99. The zero-order chi connectivity index (χ0) is 9.26. The summed E-state index contributed by atoms with van der Waals surface area (Å²) in [4.78, 5) is 0. The molecule has 0 amide bonds. The van der Waals surface area contributed by atoms with E-state index in [-0.39, 0.29) is 0 Å². The van der Waals surface area contributed by atoms with Gasteiger partial charge in [-0.3, -0.25) is 0 Å². The quantitative estimate of drug-likeness (QED) is 0.644. The largest absolute Gasteiger partial charge is 0.0613 e. The van der Waals surface area contributed by atoms with Gasteiger partial charge in [-0.1, -0.05) is 19.1 Å². The first kappa shape index (κ1) is 8.80. The van der Waals surface area contributed by atoms with E-state index in [9.17, 15) is 0 Å². The van der Waals surface area contributed by atoms with Crippen LogP contribution in [0, 0.1) is 6.92 Å². The summed E-state index contributed by atoms with van der Waals surface area (Å²) in [5.41, 5.74) is 6.30. The van der Waals surface area contributed by atoms with Crippen molar-refractivity contribution in [3.63, 3.8) is 0 Å². The van der Waals surface area contributed by atoms with Gasteiger partial charge >= 0.3 is 0 Å². The molecule has 0 aromatic heterocycles. The van der Waals surface area contributed by atoms with Crippen LogP contribution in [0.5, 0.6) is 0 Å². The van der Waals surface area contributed by atoms with E-state index in [4.69, 9.17) is 0 Å². The Morgan fingerprint density at radius 1 is 1.15 bits per heavy atom. The van der Waals surface area contributed by atoms with Gasteiger partial charge in [0.15, 0.2) is 0 Å². The first-order valence-electron chi connectivity index (χ1n) is 5.28. The van der Waals surface area contributed by atoms with Crippen LogP contribution >= 0.6 is 0 Å². The van der Waals surface area contributed by atoms with Gasteiger partial charge in [0, 0.05) is 0 Å². The van der Waals surface area contributed by atoms with E-state index in [0.717, 1.165) is 6.42 Å². The van der Waals surface area contributed by atoms with Gasteiger partial charge < -0.3 is 0 Å². The van der Waals surface area contributed by atoms with E-state index in [1.807, 2.05) is 0 Å². The molecule has 0 fully saturated rings. The Bertz CT molecular complexity index is 279. The molecule has 1 aromatic carbocycles. The minimum Gasteiger partial charge on any atom is -0.0613 e. The number of rotatable bonds is 2. The molecular formula is C13H17. The van der Waals surface area contributed by atoms with Gasteiger partial charge in [0.05, 0.1) is 0 Å². The van der Waals surface area contributed by atoms with Gasteiger partial charge in [-0.25, -0.2) is 0 Å². The van der Waals surface area contributed by atoms with Crippen LogP contribution in [-0.2, 0) is 25.7 Å². The van der Waals surface area contributed by atoms with Crippen molar-refractivity contribution in [3.05, 3.63) is 41.3 Å². The van der Waals surface area contributed by atoms with E-state index in [2.05, 4.69) is 26.0 Å². The van der Waals surface area contributed by atoms with Crippen molar-refractivity contribution in [3.8, 4) is 0 Å². The lowest BCUT2D eigenvalue weighted by atomic mass is 9.96. The summed E-state index contributed by atoms with van der Waals surface area (Å²) < 4.78 is 0. The molecule has 0 heteroatoms. The molecule has 0 nitrogen and oxygen atoms in total. The number of hydrogen-bond acceptors (Lipinski definition) is 0. The molecule has 0 spiro atoms. The summed E-state index contributed by atoms with van der Waals surface area (Å²) in [6.07, 6.45) is 6.06. The van der Waals surface area contributed by atoms with Crippen molar-refractivity contribution in [2.75, 3.05) is 0 Å². The summed E-state index contributed by atoms with van der Waals surface area (Å²) in [6.45, 7) is 6.24. The molecule has 1 aliphatic carbocycles. The predicted molar refractivity (Wildman–Crippen MR) is 56.9 cm³/mol. The third kappa shape index (κ3) is 1.39. The van der Waals surface area contributed by atoms with Gasteiger partial charge in [-0.15, -0.1) is 0 Å². The van der Waals surface area contributed by atoms with Crippen LogP contribution < -0.4 is 0 Å². The highest BCUT2D eigenvalue weighted by molar-refractivity contribution is 5.44. The molecule has 2 rings (SSSR count). The van der Waals surface area contributed by atoms with E-state index in [0.29, 0.717) is 0 Å². The second-order valence-electron chi connectivity index (χ2n) is 3.80.